The zero-order valence-corrected chi connectivity index (χ0v) is 28.2. The van der Waals surface area contributed by atoms with E-state index < -0.39 is 15.8 Å². The number of hydrogen-bond acceptors (Lipinski definition) is 0. The first-order valence-electron chi connectivity index (χ1n) is 16.1. The van der Waals surface area contributed by atoms with Crippen LogP contribution >= 0.6 is 15.8 Å². The maximum Gasteiger partial charge on any atom is -0.00965 e. The molecule has 6 aromatic rings. The van der Waals surface area contributed by atoms with E-state index in [-0.39, 0.29) is 0 Å². The molecule has 0 aliphatic heterocycles. The highest BCUT2D eigenvalue weighted by Crippen LogP contribution is 2.55. The summed E-state index contributed by atoms with van der Waals surface area (Å²) in [6.45, 7) is 9.07. The molecule has 0 spiro atoms. The lowest BCUT2D eigenvalue weighted by Crippen LogP contribution is -2.29. The van der Waals surface area contributed by atoms with Crippen molar-refractivity contribution in [3.8, 4) is 0 Å². The van der Waals surface area contributed by atoms with Gasteiger partial charge in [-0.15, -0.1) is 0 Å². The summed E-state index contributed by atoms with van der Waals surface area (Å²) in [5.41, 5.74) is 6.19. The van der Waals surface area contributed by atoms with Crippen molar-refractivity contribution in [2.75, 3.05) is 6.16 Å². The summed E-state index contributed by atoms with van der Waals surface area (Å²) in [6, 6.07) is 46.9. The van der Waals surface area contributed by atoms with Crippen LogP contribution in [0.25, 0.3) is 21.5 Å². The fourth-order valence-corrected chi connectivity index (χ4v) is 14.4. The van der Waals surface area contributed by atoms with Gasteiger partial charge in [-0.3, -0.25) is 0 Å². The Hall–Kier alpha value is -3.30. The highest BCUT2D eigenvalue weighted by atomic mass is 31.1. The molecule has 44 heavy (non-hydrogen) atoms. The molecule has 0 bridgehead atoms. The van der Waals surface area contributed by atoms with Gasteiger partial charge in [-0.05, 0) is 117 Å². The third-order valence-corrected chi connectivity index (χ3v) is 15.2. The first kappa shape index (κ1) is 29.4. The van der Waals surface area contributed by atoms with Crippen molar-refractivity contribution in [1.82, 2.24) is 0 Å². The topological polar surface area (TPSA) is 0 Å². The Balaban J connectivity index is 1.38. The maximum absolute atomic E-state index is 2.48. The minimum atomic E-state index is -0.574. The molecule has 220 valence electrons. The summed E-state index contributed by atoms with van der Waals surface area (Å²) >= 11 is 0. The molecular formula is C42H42P2. The van der Waals surface area contributed by atoms with Gasteiger partial charge in [0, 0.05) is 0 Å². The monoisotopic (exact) mass is 608 g/mol. The van der Waals surface area contributed by atoms with E-state index in [4.69, 9.17) is 0 Å². The molecule has 0 nitrogen and oxygen atoms in total. The van der Waals surface area contributed by atoms with Crippen LogP contribution in [0.2, 0.25) is 0 Å². The molecular weight excluding hydrogens is 566 g/mol. The SMILES string of the molecule is Cc1cc(C)cc(P(CC2CCCC2P(c2cccc3ccccc23)c2cccc3ccccc23)c2cc(C)cc(C)c2)c1. The molecule has 0 radical (unpaired) electrons. The minimum Gasteiger partial charge on any atom is -0.0616 e. The van der Waals surface area contributed by atoms with Crippen LogP contribution < -0.4 is 21.2 Å². The quantitative estimate of drug-likeness (QED) is 0.158. The van der Waals surface area contributed by atoms with Gasteiger partial charge in [0.25, 0.3) is 0 Å². The zero-order chi connectivity index (χ0) is 30.2. The van der Waals surface area contributed by atoms with Crippen LogP contribution in [0.3, 0.4) is 0 Å². The predicted molar refractivity (Wildman–Crippen MR) is 198 cm³/mol. The van der Waals surface area contributed by atoms with Crippen LogP contribution in [0, 0.1) is 33.6 Å². The van der Waals surface area contributed by atoms with E-state index in [0.29, 0.717) is 11.6 Å². The first-order valence-corrected chi connectivity index (χ1v) is 19.1. The van der Waals surface area contributed by atoms with E-state index >= 15 is 0 Å². The Morgan fingerprint density at radius 3 is 1.48 bits per heavy atom. The van der Waals surface area contributed by atoms with Crippen molar-refractivity contribution < 1.29 is 0 Å². The Morgan fingerprint density at radius 1 is 0.523 bits per heavy atom. The molecule has 1 fully saturated rings. The van der Waals surface area contributed by atoms with Crippen LogP contribution in [0.1, 0.15) is 41.5 Å². The number of rotatable bonds is 7. The van der Waals surface area contributed by atoms with Gasteiger partial charge >= 0.3 is 0 Å². The molecule has 2 unspecified atom stereocenters. The Kier molecular flexibility index (Phi) is 8.42. The van der Waals surface area contributed by atoms with Gasteiger partial charge in [-0.2, -0.15) is 0 Å². The van der Waals surface area contributed by atoms with Gasteiger partial charge < -0.3 is 0 Å². The molecule has 0 N–H and O–H groups in total. The number of benzene rings is 6. The fourth-order valence-electron chi connectivity index (χ4n) is 7.70. The second-order valence-corrected chi connectivity index (χ2v) is 17.5. The van der Waals surface area contributed by atoms with E-state index in [1.165, 1.54) is 69.2 Å². The molecule has 0 aromatic heterocycles. The molecule has 1 saturated carbocycles. The van der Waals surface area contributed by atoms with Crippen LogP contribution in [0.4, 0.5) is 0 Å². The van der Waals surface area contributed by atoms with Gasteiger partial charge in [0.15, 0.2) is 0 Å². The summed E-state index contributed by atoms with van der Waals surface area (Å²) in [5, 5.41) is 11.8. The average molecular weight is 609 g/mol. The van der Waals surface area contributed by atoms with Crippen molar-refractivity contribution >= 4 is 58.6 Å². The summed E-state index contributed by atoms with van der Waals surface area (Å²) in [5.74, 6) is 0.687. The zero-order valence-electron chi connectivity index (χ0n) is 26.4. The van der Waals surface area contributed by atoms with Gasteiger partial charge in [0.2, 0.25) is 0 Å². The summed E-state index contributed by atoms with van der Waals surface area (Å²) in [6.07, 6.45) is 5.23. The van der Waals surface area contributed by atoms with Gasteiger partial charge in [0.05, 0.1) is 0 Å². The summed E-state index contributed by atoms with van der Waals surface area (Å²) < 4.78 is 0. The Bertz CT molecular complexity index is 1770. The normalized spacial score (nSPS) is 16.9. The number of hydrogen-bond donors (Lipinski definition) is 0. The van der Waals surface area contributed by atoms with E-state index in [1.807, 2.05) is 0 Å². The molecule has 7 rings (SSSR count). The van der Waals surface area contributed by atoms with Crippen LogP contribution in [-0.2, 0) is 0 Å². The number of aryl methyl sites for hydroxylation is 4. The Morgan fingerprint density at radius 2 is 0.977 bits per heavy atom. The first-order chi connectivity index (χ1) is 21.4. The highest BCUT2D eigenvalue weighted by molar-refractivity contribution is 7.75. The third kappa shape index (κ3) is 5.88. The van der Waals surface area contributed by atoms with E-state index in [2.05, 4.69) is 149 Å². The van der Waals surface area contributed by atoms with Gasteiger partial charge in [-0.25, -0.2) is 0 Å². The predicted octanol–water partition coefficient (Wildman–Crippen LogP) is 9.96. The van der Waals surface area contributed by atoms with Crippen molar-refractivity contribution in [1.29, 1.82) is 0 Å². The molecule has 0 heterocycles. The van der Waals surface area contributed by atoms with Crippen molar-refractivity contribution in [3.05, 3.63) is 144 Å². The van der Waals surface area contributed by atoms with E-state index in [1.54, 1.807) is 21.2 Å². The summed E-state index contributed by atoms with van der Waals surface area (Å²) in [4.78, 5) is 0. The van der Waals surface area contributed by atoms with Crippen molar-refractivity contribution in [3.63, 3.8) is 0 Å². The lowest BCUT2D eigenvalue weighted by molar-refractivity contribution is 0.630. The largest absolute Gasteiger partial charge is 0.0616 e. The molecule has 2 atom stereocenters. The number of fused-ring (bicyclic) bond motifs is 2. The van der Waals surface area contributed by atoms with Gasteiger partial charge in [0.1, 0.15) is 0 Å². The molecule has 0 saturated heterocycles. The highest BCUT2D eigenvalue weighted by Gasteiger charge is 2.38. The van der Waals surface area contributed by atoms with Gasteiger partial charge in [-0.1, -0.05) is 150 Å². The fraction of sp³-hybridized carbons (Fsp3) is 0.238. The van der Waals surface area contributed by atoms with Crippen molar-refractivity contribution in [2.24, 2.45) is 5.92 Å². The third-order valence-electron chi connectivity index (χ3n) is 9.46. The standard InChI is InChI=1S/C42H42P2/c1-29-22-30(2)25-36(24-29)43(37-26-31(3)23-32(4)27-37)28-35-16-11-19-40(35)44(41-20-9-14-33-12-5-7-17-38(33)41)42-21-10-15-34-13-6-8-18-39(34)42/h5-10,12-15,17-18,20-27,35,40H,11,16,19,28H2,1-4H3. The van der Waals surface area contributed by atoms with Crippen molar-refractivity contribution in [2.45, 2.75) is 52.6 Å². The lowest BCUT2D eigenvalue weighted by atomic mass is 10.1. The van der Waals surface area contributed by atoms with E-state index in [0.717, 1.165) is 0 Å². The lowest BCUT2D eigenvalue weighted by Gasteiger charge is -2.34. The minimum absolute atomic E-state index is 0.475. The maximum atomic E-state index is 2.48. The Labute approximate surface area is 266 Å². The summed E-state index contributed by atoms with van der Waals surface area (Å²) in [7, 11) is -1.05. The van der Waals surface area contributed by atoms with Crippen LogP contribution in [0.15, 0.2) is 121 Å². The molecule has 6 aromatic carbocycles. The average Bonchev–Trinajstić information content (AvgIpc) is 3.47. The second-order valence-electron chi connectivity index (χ2n) is 12.9. The molecule has 1 aliphatic carbocycles. The molecule has 0 amide bonds. The second kappa shape index (κ2) is 12.6. The van der Waals surface area contributed by atoms with E-state index in [9.17, 15) is 0 Å². The van der Waals surface area contributed by atoms with Crippen LogP contribution in [0.5, 0.6) is 0 Å². The molecule has 1 aliphatic rings. The molecule has 2 heteroatoms. The van der Waals surface area contributed by atoms with Crippen LogP contribution in [-0.4, -0.2) is 11.8 Å². The smallest absolute Gasteiger partial charge is 0.00965 e.